The number of aliphatic hydroxyl groups is 1. The van der Waals surface area contributed by atoms with Crippen molar-refractivity contribution in [1.82, 2.24) is 5.32 Å². The molecular weight excluding hydrogens is 312 g/mol. The van der Waals surface area contributed by atoms with E-state index in [4.69, 9.17) is 0 Å². The van der Waals surface area contributed by atoms with Gasteiger partial charge in [-0.05, 0) is 43.5 Å². The van der Waals surface area contributed by atoms with Gasteiger partial charge in [0, 0.05) is 31.2 Å². The average molecular weight is 338 g/mol. The molecule has 2 aromatic carbocycles. The van der Waals surface area contributed by atoms with Crippen LogP contribution in [0.4, 0.5) is 5.69 Å². The molecule has 1 saturated heterocycles. The second-order valence-corrected chi connectivity index (χ2v) is 6.80. The van der Waals surface area contributed by atoms with Gasteiger partial charge in [0.1, 0.15) is 0 Å². The summed E-state index contributed by atoms with van der Waals surface area (Å²) in [5.41, 5.74) is 4.20. The van der Waals surface area contributed by atoms with Gasteiger partial charge in [0.25, 0.3) is 0 Å². The molecule has 25 heavy (non-hydrogen) atoms. The molecule has 0 aliphatic carbocycles. The van der Waals surface area contributed by atoms with Crippen molar-refractivity contribution < 1.29 is 9.90 Å². The molecule has 2 atom stereocenters. The Kier molecular flexibility index (Phi) is 5.51. The van der Waals surface area contributed by atoms with Crippen LogP contribution in [0.25, 0.3) is 0 Å². The van der Waals surface area contributed by atoms with Gasteiger partial charge < -0.3 is 15.3 Å². The van der Waals surface area contributed by atoms with Crippen LogP contribution < -0.4 is 10.2 Å². The van der Waals surface area contributed by atoms with Gasteiger partial charge in [0.2, 0.25) is 5.91 Å². The molecule has 1 heterocycles. The second-order valence-electron chi connectivity index (χ2n) is 6.80. The normalized spacial score (nSPS) is 16.9. The van der Waals surface area contributed by atoms with Crippen molar-refractivity contribution in [3.63, 3.8) is 0 Å². The number of aliphatic hydroxyl groups excluding tert-OH is 1. The van der Waals surface area contributed by atoms with Gasteiger partial charge in [-0.25, -0.2) is 0 Å². The van der Waals surface area contributed by atoms with E-state index in [2.05, 4.69) is 24.4 Å². The minimum atomic E-state index is -0.524. The van der Waals surface area contributed by atoms with Gasteiger partial charge in [0.05, 0.1) is 6.10 Å². The highest BCUT2D eigenvalue weighted by Crippen LogP contribution is 2.24. The van der Waals surface area contributed by atoms with E-state index in [1.54, 1.807) is 0 Å². The zero-order chi connectivity index (χ0) is 17.8. The van der Waals surface area contributed by atoms with Gasteiger partial charge in [-0.3, -0.25) is 4.79 Å². The van der Waals surface area contributed by atoms with Gasteiger partial charge in [-0.15, -0.1) is 0 Å². The number of hydrogen-bond donors (Lipinski definition) is 2. The Morgan fingerprint density at radius 1 is 1.16 bits per heavy atom. The number of nitrogens with one attached hydrogen (secondary N) is 1. The fraction of sp³-hybridized carbons (Fsp3) is 0.381. The van der Waals surface area contributed by atoms with Crippen LogP contribution in [0.5, 0.6) is 0 Å². The standard InChI is InChI=1S/C21H26N2O2/c1-15-5-3-6-18(13-15)20(24)14-22-16(2)17-8-10-19(11-9-17)23-12-4-7-21(23)25/h3,5-6,8-11,13,16,20,22,24H,4,7,12,14H2,1-2H3. The van der Waals surface area contributed by atoms with Gasteiger partial charge in [-0.2, -0.15) is 0 Å². The summed E-state index contributed by atoms with van der Waals surface area (Å²) in [5, 5.41) is 13.7. The number of carbonyl (C=O) groups excluding carboxylic acids is 1. The van der Waals surface area contributed by atoms with E-state index < -0.39 is 6.10 Å². The lowest BCUT2D eigenvalue weighted by atomic mass is 10.0. The third-order valence-corrected chi connectivity index (χ3v) is 4.82. The summed E-state index contributed by atoms with van der Waals surface area (Å²) < 4.78 is 0. The Morgan fingerprint density at radius 3 is 2.56 bits per heavy atom. The summed E-state index contributed by atoms with van der Waals surface area (Å²) in [7, 11) is 0. The molecular formula is C21H26N2O2. The topological polar surface area (TPSA) is 52.6 Å². The smallest absolute Gasteiger partial charge is 0.227 e. The third-order valence-electron chi connectivity index (χ3n) is 4.82. The lowest BCUT2D eigenvalue weighted by Gasteiger charge is -2.20. The number of benzene rings is 2. The Morgan fingerprint density at radius 2 is 1.92 bits per heavy atom. The predicted molar refractivity (Wildman–Crippen MR) is 101 cm³/mol. The monoisotopic (exact) mass is 338 g/mol. The molecule has 1 aliphatic rings. The Bertz CT molecular complexity index is 727. The molecule has 0 bridgehead atoms. The number of aryl methyl sites for hydroxylation is 1. The second kappa shape index (κ2) is 7.81. The van der Waals surface area contributed by atoms with Crippen molar-refractivity contribution in [2.75, 3.05) is 18.0 Å². The first kappa shape index (κ1) is 17.6. The van der Waals surface area contributed by atoms with E-state index >= 15 is 0 Å². The summed E-state index contributed by atoms with van der Waals surface area (Å²) in [4.78, 5) is 13.7. The van der Waals surface area contributed by atoms with Crippen LogP contribution in [0.2, 0.25) is 0 Å². The molecule has 4 nitrogen and oxygen atoms in total. The maximum absolute atomic E-state index is 11.8. The average Bonchev–Trinajstić information content (AvgIpc) is 3.05. The summed E-state index contributed by atoms with van der Waals surface area (Å²) >= 11 is 0. The molecule has 1 aliphatic heterocycles. The first-order valence-corrected chi connectivity index (χ1v) is 8.93. The molecule has 0 saturated carbocycles. The predicted octanol–water partition coefficient (Wildman–Crippen LogP) is 3.51. The van der Waals surface area contributed by atoms with Crippen molar-refractivity contribution in [3.05, 3.63) is 65.2 Å². The lowest BCUT2D eigenvalue weighted by molar-refractivity contribution is -0.117. The highest BCUT2D eigenvalue weighted by molar-refractivity contribution is 5.95. The van der Waals surface area contributed by atoms with E-state index in [1.807, 2.05) is 48.2 Å². The van der Waals surface area contributed by atoms with E-state index in [-0.39, 0.29) is 11.9 Å². The number of amides is 1. The van der Waals surface area contributed by atoms with Crippen molar-refractivity contribution in [2.45, 2.75) is 38.8 Å². The molecule has 4 heteroatoms. The van der Waals surface area contributed by atoms with Crippen LogP contribution >= 0.6 is 0 Å². The fourth-order valence-electron chi connectivity index (χ4n) is 3.27. The number of carbonyl (C=O) groups is 1. The molecule has 132 valence electrons. The van der Waals surface area contributed by atoms with E-state index in [0.717, 1.165) is 35.3 Å². The molecule has 2 unspecified atom stereocenters. The van der Waals surface area contributed by atoms with Crippen LogP contribution in [0.15, 0.2) is 48.5 Å². The van der Waals surface area contributed by atoms with Crippen molar-refractivity contribution >= 4 is 11.6 Å². The van der Waals surface area contributed by atoms with Crippen LogP contribution in [0, 0.1) is 6.92 Å². The van der Waals surface area contributed by atoms with Crippen LogP contribution in [0.3, 0.4) is 0 Å². The minimum Gasteiger partial charge on any atom is -0.387 e. The first-order valence-electron chi connectivity index (χ1n) is 8.93. The molecule has 2 aromatic rings. The van der Waals surface area contributed by atoms with Gasteiger partial charge >= 0.3 is 0 Å². The molecule has 0 radical (unpaired) electrons. The largest absolute Gasteiger partial charge is 0.387 e. The molecule has 1 amide bonds. The number of nitrogens with zero attached hydrogens (tertiary/aromatic N) is 1. The SMILES string of the molecule is Cc1cccc(C(O)CNC(C)c2ccc(N3CCCC3=O)cc2)c1. The zero-order valence-corrected chi connectivity index (χ0v) is 14.9. The van der Waals surface area contributed by atoms with Crippen LogP contribution in [-0.4, -0.2) is 24.1 Å². The Hall–Kier alpha value is -2.17. The summed E-state index contributed by atoms with van der Waals surface area (Å²) in [6.45, 7) is 5.42. The van der Waals surface area contributed by atoms with E-state index in [0.29, 0.717) is 13.0 Å². The highest BCUT2D eigenvalue weighted by Gasteiger charge is 2.21. The highest BCUT2D eigenvalue weighted by atomic mass is 16.3. The molecule has 2 N–H and O–H groups in total. The van der Waals surface area contributed by atoms with Gasteiger partial charge in [-0.1, -0.05) is 42.0 Å². The van der Waals surface area contributed by atoms with Crippen molar-refractivity contribution in [3.8, 4) is 0 Å². The van der Waals surface area contributed by atoms with Crippen LogP contribution in [0.1, 0.15) is 48.6 Å². The van der Waals surface area contributed by atoms with E-state index in [1.165, 1.54) is 0 Å². The maximum Gasteiger partial charge on any atom is 0.227 e. The maximum atomic E-state index is 11.8. The Labute approximate surface area is 149 Å². The van der Waals surface area contributed by atoms with Crippen molar-refractivity contribution in [1.29, 1.82) is 0 Å². The Balaban J connectivity index is 1.57. The third kappa shape index (κ3) is 4.27. The minimum absolute atomic E-state index is 0.128. The molecule has 1 fully saturated rings. The summed E-state index contributed by atoms with van der Waals surface area (Å²) in [6, 6.07) is 16.2. The summed E-state index contributed by atoms with van der Waals surface area (Å²) in [6.07, 6.45) is 1.07. The zero-order valence-electron chi connectivity index (χ0n) is 14.9. The lowest BCUT2D eigenvalue weighted by Crippen LogP contribution is -2.25. The quantitative estimate of drug-likeness (QED) is 0.847. The number of hydrogen-bond acceptors (Lipinski definition) is 3. The van der Waals surface area contributed by atoms with Crippen molar-refractivity contribution in [2.24, 2.45) is 0 Å². The van der Waals surface area contributed by atoms with Crippen LogP contribution in [-0.2, 0) is 4.79 Å². The first-order chi connectivity index (χ1) is 12.0. The fourth-order valence-corrected chi connectivity index (χ4v) is 3.27. The number of rotatable bonds is 6. The number of anilines is 1. The van der Waals surface area contributed by atoms with Gasteiger partial charge in [0.15, 0.2) is 0 Å². The molecule has 0 spiro atoms. The van der Waals surface area contributed by atoms with E-state index in [9.17, 15) is 9.90 Å². The molecule has 3 rings (SSSR count). The summed E-state index contributed by atoms with van der Waals surface area (Å²) in [5.74, 6) is 0.209. The molecule has 0 aromatic heterocycles.